The van der Waals surface area contributed by atoms with Gasteiger partial charge in [-0.3, -0.25) is 4.79 Å². The SMILES string of the molecule is CC(CO)C1CNCCC1=O. The number of nitrogens with one attached hydrogen (secondary N) is 1. The number of rotatable bonds is 2. The van der Waals surface area contributed by atoms with Crippen LogP contribution in [-0.4, -0.2) is 30.6 Å². The zero-order valence-corrected chi connectivity index (χ0v) is 6.84. The van der Waals surface area contributed by atoms with Crippen LogP contribution in [0.4, 0.5) is 0 Å². The van der Waals surface area contributed by atoms with Crippen LogP contribution in [0.5, 0.6) is 0 Å². The predicted molar refractivity (Wildman–Crippen MR) is 42.2 cm³/mol. The Morgan fingerprint density at radius 1 is 1.82 bits per heavy atom. The van der Waals surface area contributed by atoms with Crippen molar-refractivity contribution in [1.29, 1.82) is 0 Å². The molecular weight excluding hydrogens is 142 g/mol. The van der Waals surface area contributed by atoms with E-state index in [0.717, 1.165) is 13.1 Å². The molecule has 3 heteroatoms. The van der Waals surface area contributed by atoms with E-state index in [-0.39, 0.29) is 18.4 Å². The Hall–Kier alpha value is -0.410. The molecule has 0 aliphatic carbocycles. The van der Waals surface area contributed by atoms with Crippen molar-refractivity contribution in [3.63, 3.8) is 0 Å². The maximum atomic E-state index is 11.2. The number of piperidine rings is 1. The average Bonchev–Trinajstić information content (AvgIpc) is 2.04. The fourth-order valence-electron chi connectivity index (χ4n) is 1.41. The fraction of sp³-hybridized carbons (Fsp3) is 0.875. The highest BCUT2D eigenvalue weighted by molar-refractivity contribution is 5.82. The van der Waals surface area contributed by atoms with Gasteiger partial charge in [0.2, 0.25) is 0 Å². The second-order valence-corrected chi connectivity index (χ2v) is 3.19. The number of ketones is 1. The third-order valence-corrected chi connectivity index (χ3v) is 2.30. The molecule has 1 rings (SSSR count). The molecule has 2 atom stereocenters. The van der Waals surface area contributed by atoms with Gasteiger partial charge >= 0.3 is 0 Å². The second kappa shape index (κ2) is 3.83. The molecule has 0 aromatic carbocycles. The maximum Gasteiger partial charge on any atom is 0.138 e. The van der Waals surface area contributed by atoms with Crippen molar-refractivity contribution in [2.45, 2.75) is 13.3 Å². The lowest BCUT2D eigenvalue weighted by atomic mass is 9.87. The van der Waals surface area contributed by atoms with Gasteiger partial charge in [-0.1, -0.05) is 6.92 Å². The summed E-state index contributed by atoms with van der Waals surface area (Å²) >= 11 is 0. The third-order valence-electron chi connectivity index (χ3n) is 2.30. The quantitative estimate of drug-likeness (QED) is 0.583. The van der Waals surface area contributed by atoms with Gasteiger partial charge in [0, 0.05) is 32.0 Å². The van der Waals surface area contributed by atoms with Gasteiger partial charge in [0.15, 0.2) is 0 Å². The Morgan fingerprint density at radius 3 is 3.09 bits per heavy atom. The summed E-state index contributed by atoms with van der Waals surface area (Å²) in [4.78, 5) is 11.2. The van der Waals surface area contributed by atoms with Crippen LogP contribution in [-0.2, 0) is 4.79 Å². The number of carbonyl (C=O) groups is 1. The van der Waals surface area contributed by atoms with Gasteiger partial charge in [-0.15, -0.1) is 0 Å². The number of aliphatic hydroxyl groups is 1. The van der Waals surface area contributed by atoms with E-state index >= 15 is 0 Å². The molecule has 64 valence electrons. The fourth-order valence-corrected chi connectivity index (χ4v) is 1.41. The number of aliphatic hydroxyl groups excluding tert-OH is 1. The number of Topliss-reactive ketones (excluding diaryl/α,β-unsaturated/α-hetero) is 1. The second-order valence-electron chi connectivity index (χ2n) is 3.19. The van der Waals surface area contributed by atoms with Gasteiger partial charge in [0.1, 0.15) is 5.78 Å². The molecule has 0 bridgehead atoms. The zero-order chi connectivity index (χ0) is 8.27. The topological polar surface area (TPSA) is 49.3 Å². The van der Waals surface area contributed by atoms with Crippen molar-refractivity contribution in [2.75, 3.05) is 19.7 Å². The first-order valence-corrected chi connectivity index (χ1v) is 4.10. The van der Waals surface area contributed by atoms with Crippen LogP contribution in [0.25, 0.3) is 0 Å². The Morgan fingerprint density at radius 2 is 2.55 bits per heavy atom. The highest BCUT2D eigenvalue weighted by Gasteiger charge is 2.26. The molecule has 1 fully saturated rings. The molecular formula is C8H15NO2. The maximum absolute atomic E-state index is 11.2. The molecule has 0 spiro atoms. The van der Waals surface area contributed by atoms with E-state index in [2.05, 4.69) is 5.32 Å². The molecule has 2 unspecified atom stereocenters. The van der Waals surface area contributed by atoms with Crippen LogP contribution in [0.2, 0.25) is 0 Å². The monoisotopic (exact) mass is 157 g/mol. The molecule has 0 aromatic heterocycles. The molecule has 0 radical (unpaired) electrons. The molecule has 1 aliphatic heterocycles. The van der Waals surface area contributed by atoms with E-state index in [1.165, 1.54) is 0 Å². The molecule has 0 aromatic rings. The van der Waals surface area contributed by atoms with E-state index in [4.69, 9.17) is 5.11 Å². The van der Waals surface area contributed by atoms with Gasteiger partial charge < -0.3 is 10.4 Å². The van der Waals surface area contributed by atoms with Crippen molar-refractivity contribution >= 4 is 5.78 Å². The van der Waals surface area contributed by atoms with Crippen LogP contribution in [0.3, 0.4) is 0 Å². The lowest BCUT2D eigenvalue weighted by molar-refractivity contribution is -0.126. The van der Waals surface area contributed by atoms with Crippen LogP contribution in [0.1, 0.15) is 13.3 Å². The zero-order valence-electron chi connectivity index (χ0n) is 6.84. The van der Waals surface area contributed by atoms with Crippen LogP contribution in [0.15, 0.2) is 0 Å². The van der Waals surface area contributed by atoms with Gasteiger partial charge in [-0.2, -0.15) is 0 Å². The molecule has 1 saturated heterocycles. The smallest absolute Gasteiger partial charge is 0.138 e. The van der Waals surface area contributed by atoms with Crippen LogP contribution in [0, 0.1) is 11.8 Å². The minimum Gasteiger partial charge on any atom is -0.396 e. The third kappa shape index (κ3) is 2.01. The van der Waals surface area contributed by atoms with Crippen molar-refractivity contribution in [3.8, 4) is 0 Å². The molecule has 0 saturated carbocycles. The van der Waals surface area contributed by atoms with E-state index < -0.39 is 0 Å². The summed E-state index contributed by atoms with van der Waals surface area (Å²) in [5, 5.41) is 12.0. The van der Waals surface area contributed by atoms with Crippen molar-refractivity contribution in [2.24, 2.45) is 11.8 Å². The summed E-state index contributed by atoms with van der Waals surface area (Å²) < 4.78 is 0. The van der Waals surface area contributed by atoms with Crippen molar-refractivity contribution < 1.29 is 9.90 Å². The largest absolute Gasteiger partial charge is 0.396 e. The van der Waals surface area contributed by atoms with E-state index in [1.54, 1.807) is 0 Å². The normalized spacial score (nSPS) is 28.5. The summed E-state index contributed by atoms with van der Waals surface area (Å²) in [6.45, 7) is 3.56. The van der Waals surface area contributed by atoms with Crippen molar-refractivity contribution in [3.05, 3.63) is 0 Å². The molecule has 1 aliphatic rings. The van der Waals surface area contributed by atoms with Gasteiger partial charge in [-0.25, -0.2) is 0 Å². The lowest BCUT2D eigenvalue weighted by Crippen LogP contribution is -2.41. The Bertz CT molecular complexity index is 147. The Kier molecular flexibility index (Phi) is 3.02. The van der Waals surface area contributed by atoms with Crippen LogP contribution >= 0.6 is 0 Å². The molecule has 11 heavy (non-hydrogen) atoms. The summed E-state index contributed by atoms with van der Waals surface area (Å²) in [6, 6.07) is 0. The van der Waals surface area contributed by atoms with Gasteiger partial charge in [-0.05, 0) is 5.92 Å². The first kappa shape index (κ1) is 8.68. The van der Waals surface area contributed by atoms with Gasteiger partial charge in [0.05, 0.1) is 0 Å². The lowest BCUT2D eigenvalue weighted by Gasteiger charge is -2.25. The average molecular weight is 157 g/mol. The Labute approximate surface area is 66.8 Å². The number of hydrogen-bond donors (Lipinski definition) is 2. The highest BCUT2D eigenvalue weighted by Crippen LogP contribution is 2.15. The standard InChI is InChI=1S/C8H15NO2/c1-6(5-10)7-4-9-3-2-8(7)11/h6-7,9-10H,2-5H2,1H3. The predicted octanol–water partition coefficient (Wildman–Crippen LogP) is -0.207. The minimum atomic E-state index is 0.0359. The highest BCUT2D eigenvalue weighted by atomic mass is 16.3. The van der Waals surface area contributed by atoms with Gasteiger partial charge in [0.25, 0.3) is 0 Å². The van der Waals surface area contributed by atoms with Crippen molar-refractivity contribution in [1.82, 2.24) is 5.32 Å². The number of hydrogen-bond acceptors (Lipinski definition) is 3. The summed E-state index contributed by atoms with van der Waals surface area (Å²) in [6.07, 6.45) is 0.620. The van der Waals surface area contributed by atoms with Crippen LogP contribution < -0.4 is 5.32 Å². The van der Waals surface area contributed by atoms with E-state index in [0.29, 0.717) is 12.2 Å². The summed E-state index contributed by atoms with van der Waals surface area (Å²) in [5.41, 5.74) is 0. The molecule has 0 amide bonds. The number of carbonyl (C=O) groups excluding carboxylic acids is 1. The molecule has 3 nitrogen and oxygen atoms in total. The van der Waals surface area contributed by atoms with E-state index in [1.807, 2.05) is 6.92 Å². The van der Waals surface area contributed by atoms with E-state index in [9.17, 15) is 4.79 Å². The Balaban J connectivity index is 2.47. The first-order valence-electron chi connectivity index (χ1n) is 4.10. The molecule has 2 N–H and O–H groups in total. The first-order chi connectivity index (χ1) is 5.25. The summed E-state index contributed by atoms with van der Waals surface area (Å²) in [5.74, 6) is 0.439. The minimum absolute atomic E-state index is 0.0359. The molecule has 1 heterocycles. The summed E-state index contributed by atoms with van der Waals surface area (Å²) in [7, 11) is 0.